The summed E-state index contributed by atoms with van der Waals surface area (Å²) in [5.41, 5.74) is 3.63. The third-order valence-electron chi connectivity index (χ3n) is 16.1. The van der Waals surface area contributed by atoms with Crippen LogP contribution >= 0.6 is 0 Å². The Morgan fingerprint density at radius 3 is 1.26 bits per heavy atom. The third kappa shape index (κ3) is 11.3. The first kappa shape index (κ1) is 53.0. The second-order valence-electron chi connectivity index (χ2n) is 22.2. The predicted octanol–water partition coefficient (Wildman–Crippen LogP) is 6.58. The van der Waals surface area contributed by atoms with Gasteiger partial charge in [0.25, 0.3) is 0 Å². The molecule has 2 saturated carbocycles. The number of aliphatic hydroxyl groups is 8. The highest BCUT2D eigenvalue weighted by Crippen LogP contribution is 2.57. The van der Waals surface area contributed by atoms with Gasteiger partial charge >= 0.3 is 0 Å². The van der Waals surface area contributed by atoms with Crippen LogP contribution in [0.4, 0.5) is 0 Å². The maximum absolute atomic E-state index is 10.6. The van der Waals surface area contributed by atoms with Crippen LogP contribution in [-0.4, -0.2) is 127 Å². The maximum Gasteiger partial charge on any atom is 0.229 e. The molecule has 4 aliphatic heterocycles. The van der Waals surface area contributed by atoms with E-state index in [1.54, 1.807) is 0 Å². The van der Waals surface area contributed by atoms with Gasteiger partial charge in [-0.25, -0.2) is 0 Å². The summed E-state index contributed by atoms with van der Waals surface area (Å²) in [5, 5.41) is 81.3. The van der Waals surface area contributed by atoms with E-state index in [1.807, 2.05) is 12.1 Å². The molecule has 14 heteroatoms. The van der Waals surface area contributed by atoms with Crippen molar-refractivity contribution in [3.05, 3.63) is 46.5 Å². The minimum atomic E-state index is -1.47. The highest BCUT2D eigenvalue weighted by atomic mass is 16.7. The lowest BCUT2D eigenvalue weighted by atomic mass is 9.64. The lowest BCUT2D eigenvalue weighted by Crippen LogP contribution is -2.60. The molecule has 16 atom stereocenters. The van der Waals surface area contributed by atoms with E-state index in [9.17, 15) is 40.9 Å². The van der Waals surface area contributed by atoms with Crippen LogP contribution in [0.5, 0.6) is 23.0 Å². The van der Waals surface area contributed by atoms with Crippen molar-refractivity contribution in [3.63, 3.8) is 0 Å². The van der Waals surface area contributed by atoms with Crippen LogP contribution in [0.15, 0.2) is 24.3 Å². The molecular formula is C54H84O14. The minimum Gasteiger partial charge on any atom is -0.487 e. The molecular weight excluding hydrogens is 873 g/mol. The fraction of sp³-hybridized carbons (Fsp3) is 0.778. The Morgan fingerprint density at radius 1 is 0.529 bits per heavy atom. The number of aryl methyl sites for hydroxylation is 2. The first-order chi connectivity index (χ1) is 32.3. The molecule has 2 saturated heterocycles. The van der Waals surface area contributed by atoms with E-state index in [0.717, 1.165) is 111 Å². The van der Waals surface area contributed by atoms with Gasteiger partial charge in [0.05, 0.1) is 13.2 Å². The summed E-state index contributed by atoms with van der Waals surface area (Å²) in [6.07, 6.45) is 1.87. The topological polar surface area (TPSA) is 217 Å². The number of rotatable bonds is 14. The average Bonchev–Trinajstić information content (AvgIpc) is 3.28. The zero-order valence-electron chi connectivity index (χ0n) is 41.9. The van der Waals surface area contributed by atoms with E-state index >= 15 is 0 Å². The summed E-state index contributed by atoms with van der Waals surface area (Å²) in [7, 11) is 0. The molecule has 4 fully saturated rings. The van der Waals surface area contributed by atoms with Gasteiger partial charge in [-0.1, -0.05) is 66.2 Å². The highest BCUT2D eigenvalue weighted by Gasteiger charge is 2.51. The van der Waals surface area contributed by atoms with Crippen LogP contribution < -0.4 is 18.9 Å². The van der Waals surface area contributed by atoms with E-state index < -0.39 is 74.6 Å². The van der Waals surface area contributed by atoms with Crippen LogP contribution in [-0.2, 0) is 22.3 Å². The van der Waals surface area contributed by atoms with E-state index in [1.165, 1.54) is 12.8 Å². The van der Waals surface area contributed by atoms with Crippen molar-refractivity contribution in [2.45, 2.75) is 230 Å². The van der Waals surface area contributed by atoms with Gasteiger partial charge in [0.1, 0.15) is 83.0 Å². The number of ether oxygens (including phenoxy) is 6. The number of hydrogen-bond donors (Lipinski definition) is 8. The first-order valence-corrected chi connectivity index (χ1v) is 26.0. The normalized spacial score (nSPS) is 36.8. The monoisotopic (exact) mass is 957 g/mol. The number of aliphatic hydroxyl groups excluding tert-OH is 8. The van der Waals surface area contributed by atoms with Crippen molar-refractivity contribution >= 4 is 0 Å². The van der Waals surface area contributed by atoms with Crippen LogP contribution in [0.25, 0.3) is 0 Å². The van der Waals surface area contributed by atoms with Crippen molar-refractivity contribution in [1.82, 2.24) is 0 Å². The molecule has 6 aliphatic rings. The molecule has 8 rings (SSSR count). The molecule has 68 heavy (non-hydrogen) atoms. The van der Waals surface area contributed by atoms with Crippen LogP contribution in [0.1, 0.15) is 167 Å². The van der Waals surface area contributed by atoms with Crippen molar-refractivity contribution in [2.75, 3.05) is 13.2 Å². The summed E-state index contributed by atoms with van der Waals surface area (Å²) >= 11 is 0. The lowest BCUT2D eigenvalue weighted by Gasteiger charge is -2.49. The molecule has 14 nitrogen and oxygen atoms in total. The van der Waals surface area contributed by atoms with E-state index in [-0.39, 0.29) is 23.0 Å². The summed E-state index contributed by atoms with van der Waals surface area (Å²) < 4.78 is 37.1. The van der Waals surface area contributed by atoms with E-state index in [2.05, 4.69) is 67.5 Å². The second kappa shape index (κ2) is 22.3. The second-order valence-corrected chi connectivity index (χ2v) is 22.2. The first-order valence-electron chi connectivity index (χ1n) is 26.0. The summed E-state index contributed by atoms with van der Waals surface area (Å²) in [6.45, 7) is 16.6. The van der Waals surface area contributed by atoms with Crippen molar-refractivity contribution < 1.29 is 69.3 Å². The van der Waals surface area contributed by atoms with Gasteiger partial charge < -0.3 is 69.3 Å². The standard InChI is InChI=1S/2C27H42O7/c2*1-5-6-7-8-16-12-19(32-26-25(31)24(30)23(29)21(14-28)33-26)22-17-11-15(2)9-10-18(17)27(3,4)34-20(22)13-16/h2*12-13,15,17-18,21,23-26,28-31H,5-11,14H2,1-4H3/t15-,17+,18+,21+,23+,24-,25+,26+;15-,17-,18-,21-,23-,24+,25-,26-/m01/s1. The molecule has 2 aromatic rings. The molecule has 4 heterocycles. The molecule has 8 N–H and O–H groups in total. The minimum absolute atomic E-state index is 0.257. The molecule has 2 aromatic carbocycles. The molecule has 384 valence electrons. The highest BCUT2D eigenvalue weighted by molar-refractivity contribution is 5.54. The summed E-state index contributed by atoms with van der Waals surface area (Å²) in [4.78, 5) is 0. The van der Waals surface area contributed by atoms with Crippen LogP contribution in [0.2, 0.25) is 0 Å². The number of fused-ring (bicyclic) bond motifs is 6. The van der Waals surface area contributed by atoms with Gasteiger partial charge in [0, 0.05) is 23.0 Å². The van der Waals surface area contributed by atoms with Crippen molar-refractivity contribution in [3.8, 4) is 23.0 Å². The molecule has 0 bridgehead atoms. The predicted molar refractivity (Wildman–Crippen MR) is 256 cm³/mol. The Morgan fingerprint density at radius 2 is 0.912 bits per heavy atom. The quantitative estimate of drug-likeness (QED) is 0.0940. The van der Waals surface area contributed by atoms with Gasteiger partial charge in [0.2, 0.25) is 12.6 Å². The Kier molecular flexibility index (Phi) is 17.4. The zero-order chi connectivity index (χ0) is 49.2. The Balaban J connectivity index is 0.000000201. The van der Waals surface area contributed by atoms with E-state index in [0.29, 0.717) is 35.2 Å². The number of hydrogen-bond acceptors (Lipinski definition) is 14. The molecule has 0 amide bonds. The van der Waals surface area contributed by atoms with Crippen molar-refractivity contribution in [2.24, 2.45) is 23.7 Å². The SMILES string of the molecule is CCCCCc1cc(O[C@@H]2O[C@H](CO)[C@@H](O)[C@H](O)[C@H]2O)c2c(c1)OC(C)(C)[C@@H]1CC[C@@H](C)C[C@@H]21.CCCCCc1cc(O[C@@H]2O[C@H](CO)[C@@H](O)[C@H](O)[C@H]2O)c2c(c1)OC(C)(C)[C@@H]1CC[C@H](C)C[C@@H]21. The van der Waals surface area contributed by atoms with Gasteiger partial charge in [-0.15, -0.1) is 0 Å². The van der Waals surface area contributed by atoms with Gasteiger partial charge in [-0.3, -0.25) is 0 Å². The molecule has 0 aromatic heterocycles. The van der Waals surface area contributed by atoms with Gasteiger partial charge in [-0.05, 0) is 138 Å². The van der Waals surface area contributed by atoms with Crippen LogP contribution in [0.3, 0.4) is 0 Å². The Labute approximate surface area is 404 Å². The van der Waals surface area contributed by atoms with E-state index in [4.69, 9.17) is 28.4 Å². The van der Waals surface area contributed by atoms with Gasteiger partial charge in [0.15, 0.2) is 0 Å². The largest absolute Gasteiger partial charge is 0.487 e. The zero-order valence-corrected chi connectivity index (χ0v) is 41.9. The number of unbranched alkanes of at least 4 members (excludes halogenated alkanes) is 4. The third-order valence-corrected chi connectivity index (χ3v) is 16.1. The molecule has 0 radical (unpaired) electrons. The van der Waals surface area contributed by atoms with Crippen LogP contribution in [0, 0.1) is 23.7 Å². The maximum atomic E-state index is 10.6. The van der Waals surface area contributed by atoms with Gasteiger partial charge in [-0.2, -0.15) is 0 Å². The summed E-state index contributed by atoms with van der Waals surface area (Å²) in [5.74, 6) is 5.25. The molecule has 0 spiro atoms. The molecule has 0 unspecified atom stereocenters. The number of benzene rings is 2. The van der Waals surface area contributed by atoms with Crippen molar-refractivity contribution in [1.29, 1.82) is 0 Å². The molecule has 2 aliphatic carbocycles. The summed E-state index contributed by atoms with van der Waals surface area (Å²) in [6, 6.07) is 8.33. The fourth-order valence-corrected chi connectivity index (χ4v) is 12.2. The Hall–Kier alpha value is -2.76. The Bertz CT molecular complexity index is 1810. The average molecular weight is 957 g/mol. The lowest BCUT2D eigenvalue weighted by molar-refractivity contribution is -0.277. The fourth-order valence-electron chi connectivity index (χ4n) is 12.2. The smallest absolute Gasteiger partial charge is 0.229 e.